The van der Waals surface area contributed by atoms with E-state index in [4.69, 9.17) is 4.55 Å². The van der Waals surface area contributed by atoms with E-state index < -0.39 is 10.1 Å². The third-order valence-corrected chi connectivity index (χ3v) is 2.15. The van der Waals surface area contributed by atoms with E-state index in [1.165, 1.54) is 5.56 Å². The number of nitrogens with one attached hydrogen (secondary N) is 3. The quantitative estimate of drug-likeness (QED) is 0.482. The molecule has 0 bridgehead atoms. The lowest BCUT2D eigenvalue weighted by Gasteiger charge is -2.08. The first-order valence-electron chi connectivity index (χ1n) is 6.47. The Morgan fingerprint density at radius 2 is 1.76 bits per heavy atom. The van der Waals surface area contributed by atoms with Crippen LogP contribution in [0.25, 0.3) is 0 Å². The van der Waals surface area contributed by atoms with E-state index in [0.29, 0.717) is 19.3 Å². The first-order chi connectivity index (χ1) is 9.72. The molecular formula is C13H23N3O4S. The number of hydrazine groups is 1. The zero-order chi connectivity index (χ0) is 16.3. The van der Waals surface area contributed by atoms with Crippen molar-refractivity contribution in [3.63, 3.8) is 0 Å². The Labute approximate surface area is 125 Å². The summed E-state index contributed by atoms with van der Waals surface area (Å²) in [6.07, 6.45) is 1.65. The molecule has 0 saturated heterocycles. The minimum absolute atomic E-state index is 0.186. The summed E-state index contributed by atoms with van der Waals surface area (Å²) in [5, 5.41) is 2.72. The van der Waals surface area contributed by atoms with Gasteiger partial charge in [0.25, 0.3) is 10.1 Å². The standard InChI is InChI=1S/C12H19N3O.CH4O3S/c1-3-8-13-12(16)15-14-9-11-6-4-10(2)5-7-11;1-5(2,3)4/h4-7,14H,3,8-9H2,1-2H3,(H2,13,15,16);1H3,(H,2,3,4). The Morgan fingerprint density at radius 1 is 1.24 bits per heavy atom. The van der Waals surface area contributed by atoms with Gasteiger partial charge in [-0.25, -0.2) is 10.2 Å². The van der Waals surface area contributed by atoms with Crippen LogP contribution in [0.5, 0.6) is 0 Å². The van der Waals surface area contributed by atoms with E-state index in [2.05, 4.69) is 16.2 Å². The van der Waals surface area contributed by atoms with Gasteiger partial charge in [0.15, 0.2) is 0 Å². The molecule has 0 aliphatic carbocycles. The Morgan fingerprint density at radius 3 is 2.24 bits per heavy atom. The Hall–Kier alpha value is -1.64. The van der Waals surface area contributed by atoms with Crippen LogP contribution >= 0.6 is 0 Å². The second-order valence-electron chi connectivity index (χ2n) is 4.45. The second-order valence-corrected chi connectivity index (χ2v) is 5.92. The average molecular weight is 317 g/mol. The van der Waals surface area contributed by atoms with Gasteiger partial charge in [-0.1, -0.05) is 36.8 Å². The van der Waals surface area contributed by atoms with Crippen LogP contribution in [-0.4, -0.2) is 31.8 Å². The molecule has 0 aromatic heterocycles. The summed E-state index contributed by atoms with van der Waals surface area (Å²) >= 11 is 0. The molecule has 21 heavy (non-hydrogen) atoms. The molecule has 1 aromatic carbocycles. The summed E-state index contributed by atoms with van der Waals surface area (Å²) in [6, 6.07) is 7.98. The summed E-state index contributed by atoms with van der Waals surface area (Å²) in [4.78, 5) is 11.2. The van der Waals surface area contributed by atoms with Crippen molar-refractivity contribution in [2.75, 3.05) is 12.8 Å². The van der Waals surface area contributed by atoms with Gasteiger partial charge in [0.1, 0.15) is 0 Å². The number of urea groups is 1. The van der Waals surface area contributed by atoms with Crippen LogP contribution in [0.15, 0.2) is 24.3 Å². The van der Waals surface area contributed by atoms with Gasteiger partial charge < -0.3 is 5.32 Å². The van der Waals surface area contributed by atoms with Gasteiger partial charge in [0.2, 0.25) is 0 Å². The topological polar surface area (TPSA) is 108 Å². The van der Waals surface area contributed by atoms with Gasteiger partial charge in [-0.15, -0.1) is 0 Å². The van der Waals surface area contributed by atoms with Crippen LogP contribution in [0, 0.1) is 6.92 Å². The largest absolute Gasteiger partial charge is 0.337 e. The number of carbonyl (C=O) groups excluding carboxylic acids is 1. The van der Waals surface area contributed by atoms with Gasteiger partial charge in [0.05, 0.1) is 6.26 Å². The fraction of sp³-hybridized carbons (Fsp3) is 0.462. The van der Waals surface area contributed by atoms with Crippen molar-refractivity contribution >= 4 is 16.1 Å². The molecule has 8 heteroatoms. The van der Waals surface area contributed by atoms with E-state index in [0.717, 1.165) is 12.0 Å². The van der Waals surface area contributed by atoms with Gasteiger partial charge in [-0.3, -0.25) is 9.98 Å². The molecule has 0 heterocycles. The maximum absolute atomic E-state index is 11.2. The number of benzene rings is 1. The Bertz CT molecular complexity index is 507. The molecule has 0 atom stereocenters. The highest BCUT2D eigenvalue weighted by molar-refractivity contribution is 7.85. The summed E-state index contributed by atoms with van der Waals surface area (Å²) in [5.41, 5.74) is 7.82. The number of rotatable bonds is 5. The summed E-state index contributed by atoms with van der Waals surface area (Å²) in [6.45, 7) is 5.38. The molecule has 0 aliphatic heterocycles. The molecule has 0 fully saturated rings. The van der Waals surface area contributed by atoms with Gasteiger partial charge in [-0.2, -0.15) is 8.42 Å². The minimum Gasteiger partial charge on any atom is -0.337 e. The molecule has 1 aromatic rings. The normalized spacial score (nSPS) is 10.3. The lowest BCUT2D eigenvalue weighted by molar-refractivity contribution is 0.236. The maximum Gasteiger partial charge on any atom is 0.329 e. The zero-order valence-electron chi connectivity index (χ0n) is 12.5. The monoisotopic (exact) mass is 317 g/mol. The number of hydrogen-bond acceptors (Lipinski definition) is 4. The van der Waals surface area contributed by atoms with Crippen LogP contribution in [0.1, 0.15) is 24.5 Å². The Kier molecular flexibility index (Phi) is 9.35. The molecule has 2 amide bonds. The van der Waals surface area contributed by atoms with E-state index >= 15 is 0 Å². The number of hydrogen-bond donors (Lipinski definition) is 4. The smallest absolute Gasteiger partial charge is 0.329 e. The second kappa shape index (κ2) is 10.1. The molecule has 7 nitrogen and oxygen atoms in total. The van der Waals surface area contributed by atoms with Gasteiger partial charge in [-0.05, 0) is 18.9 Å². The summed E-state index contributed by atoms with van der Waals surface area (Å²) in [7, 11) is -3.67. The van der Waals surface area contributed by atoms with Crippen LogP contribution in [0.2, 0.25) is 0 Å². The highest BCUT2D eigenvalue weighted by Crippen LogP contribution is 2.01. The summed E-state index contributed by atoms with van der Waals surface area (Å²) in [5.74, 6) is 0. The first-order valence-corrected chi connectivity index (χ1v) is 8.32. The SMILES string of the molecule is CCCNC(=O)NNCc1ccc(C)cc1.CS(=O)(=O)O. The zero-order valence-corrected chi connectivity index (χ0v) is 13.3. The lowest BCUT2D eigenvalue weighted by Crippen LogP contribution is -2.43. The van der Waals surface area contributed by atoms with Crippen molar-refractivity contribution in [2.24, 2.45) is 0 Å². The van der Waals surface area contributed by atoms with Crippen LogP contribution in [0.3, 0.4) is 0 Å². The lowest BCUT2D eigenvalue weighted by atomic mass is 10.1. The number of amides is 2. The predicted octanol–water partition coefficient (Wildman–Crippen LogP) is 1.21. The van der Waals surface area contributed by atoms with Gasteiger partial charge in [0, 0.05) is 13.1 Å². The highest BCUT2D eigenvalue weighted by atomic mass is 32.2. The fourth-order valence-electron chi connectivity index (χ4n) is 1.22. The van der Waals surface area contributed by atoms with E-state index in [9.17, 15) is 13.2 Å². The minimum atomic E-state index is -3.67. The third-order valence-electron chi connectivity index (χ3n) is 2.15. The molecule has 0 radical (unpaired) electrons. The summed E-state index contributed by atoms with van der Waals surface area (Å²) < 4.78 is 25.9. The molecule has 120 valence electrons. The fourth-order valence-corrected chi connectivity index (χ4v) is 1.22. The third kappa shape index (κ3) is 14.6. The van der Waals surface area contributed by atoms with E-state index in [1.807, 2.05) is 38.1 Å². The molecule has 0 unspecified atom stereocenters. The molecule has 0 spiro atoms. The molecule has 0 saturated carbocycles. The van der Waals surface area contributed by atoms with Gasteiger partial charge >= 0.3 is 6.03 Å². The van der Waals surface area contributed by atoms with E-state index in [1.54, 1.807) is 0 Å². The van der Waals surface area contributed by atoms with Crippen molar-refractivity contribution in [3.05, 3.63) is 35.4 Å². The first kappa shape index (κ1) is 19.4. The molecule has 4 N–H and O–H groups in total. The van der Waals surface area contributed by atoms with E-state index in [-0.39, 0.29) is 6.03 Å². The van der Waals surface area contributed by atoms with Crippen molar-refractivity contribution in [1.29, 1.82) is 0 Å². The molecular weight excluding hydrogens is 294 g/mol. The van der Waals surface area contributed by atoms with Crippen LogP contribution in [-0.2, 0) is 16.7 Å². The number of aryl methyl sites for hydroxylation is 1. The molecule has 1 rings (SSSR count). The van der Waals surface area contributed by atoms with Crippen molar-refractivity contribution in [2.45, 2.75) is 26.8 Å². The van der Waals surface area contributed by atoms with Crippen LogP contribution in [0.4, 0.5) is 4.79 Å². The van der Waals surface area contributed by atoms with Crippen molar-refractivity contribution in [3.8, 4) is 0 Å². The average Bonchev–Trinajstić information content (AvgIpc) is 2.37. The Balaban J connectivity index is 0.000000690. The van der Waals surface area contributed by atoms with Crippen LogP contribution < -0.4 is 16.2 Å². The maximum atomic E-state index is 11.2. The van der Waals surface area contributed by atoms with Crippen molar-refractivity contribution in [1.82, 2.24) is 16.2 Å². The highest BCUT2D eigenvalue weighted by Gasteiger charge is 1.97. The predicted molar refractivity (Wildman–Crippen MR) is 82.3 cm³/mol. The van der Waals surface area contributed by atoms with Crippen molar-refractivity contribution < 1.29 is 17.8 Å². The number of carbonyl (C=O) groups is 1. The molecule has 0 aliphatic rings.